The highest BCUT2D eigenvalue weighted by Crippen LogP contribution is 2.30. The molecule has 7 nitrogen and oxygen atoms in total. The molecule has 1 aliphatic heterocycles. The van der Waals surface area contributed by atoms with Crippen LogP contribution < -0.4 is 16.0 Å². The minimum Gasteiger partial charge on any atom is -0.378 e. The summed E-state index contributed by atoms with van der Waals surface area (Å²) in [5.74, 6) is -1.13. The summed E-state index contributed by atoms with van der Waals surface area (Å²) in [6.07, 6.45) is 0. The fourth-order valence-electron chi connectivity index (χ4n) is 2.47. The van der Waals surface area contributed by atoms with Crippen molar-refractivity contribution < 1.29 is 14.0 Å². The lowest BCUT2D eigenvalue weighted by Crippen LogP contribution is -2.43. The highest BCUT2D eigenvalue weighted by Gasteiger charge is 2.26. The summed E-state index contributed by atoms with van der Waals surface area (Å²) in [6.45, 7) is 3.92. The Balaban J connectivity index is 0.00000155. The van der Waals surface area contributed by atoms with Crippen LogP contribution in [0.2, 0.25) is 0 Å². The van der Waals surface area contributed by atoms with Crippen molar-refractivity contribution in [1.29, 1.82) is 5.41 Å². The molecule has 2 aromatic rings. The monoisotopic (exact) mass is 447 g/mol. The van der Waals surface area contributed by atoms with E-state index in [1.165, 1.54) is 17.0 Å². The summed E-state index contributed by atoms with van der Waals surface area (Å²) < 4.78 is 13.6. The molecular weight excluding hydrogens is 425 g/mol. The van der Waals surface area contributed by atoms with Crippen LogP contribution >= 0.6 is 23.5 Å². The van der Waals surface area contributed by atoms with Crippen LogP contribution in [-0.4, -0.2) is 33.7 Å². The van der Waals surface area contributed by atoms with Crippen LogP contribution in [0.5, 0.6) is 0 Å². The molecule has 2 amide bonds. The molecule has 0 fully saturated rings. The summed E-state index contributed by atoms with van der Waals surface area (Å²) >= 11 is 1.80. The Hall–Kier alpha value is -2.85. The molecule has 4 N–H and O–H groups in total. The summed E-state index contributed by atoms with van der Waals surface area (Å²) in [6, 6.07) is 12.9. The van der Waals surface area contributed by atoms with Crippen molar-refractivity contribution in [2.45, 2.75) is 13.8 Å². The van der Waals surface area contributed by atoms with E-state index in [2.05, 4.69) is 10.3 Å². The van der Waals surface area contributed by atoms with Crippen molar-refractivity contribution in [3.63, 3.8) is 0 Å². The first kappa shape index (κ1) is 23.4. The topological polar surface area (TPSA) is 112 Å². The van der Waals surface area contributed by atoms with Gasteiger partial charge < -0.3 is 16.0 Å². The van der Waals surface area contributed by atoms with Gasteiger partial charge in [-0.1, -0.05) is 49.9 Å². The molecule has 10 heteroatoms. The first-order valence-corrected chi connectivity index (χ1v) is 10.9. The van der Waals surface area contributed by atoms with Gasteiger partial charge in [0.15, 0.2) is 5.17 Å². The molecule has 0 spiro atoms. The van der Waals surface area contributed by atoms with Gasteiger partial charge in [-0.3, -0.25) is 15.0 Å². The van der Waals surface area contributed by atoms with Crippen molar-refractivity contribution >= 4 is 61.9 Å². The van der Waals surface area contributed by atoms with Gasteiger partial charge >= 0.3 is 0 Å². The fourth-order valence-corrected chi connectivity index (χ4v) is 3.88. The number of hydrogen-bond acceptors (Lipinski definition) is 6. The Labute approximate surface area is 182 Å². The number of halogens is 1. The predicted molar refractivity (Wildman–Crippen MR) is 124 cm³/mol. The summed E-state index contributed by atoms with van der Waals surface area (Å²) in [7, 11) is 0. The smallest absolute Gasteiger partial charge is 0.244 e. The lowest BCUT2D eigenvalue weighted by molar-refractivity contribution is -0.120. The number of rotatable bonds is 3. The molecule has 0 unspecified atom stereocenters. The highest BCUT2D eigenvalue weighted by molar-refractivity contribution is 8.44. The van der Waals surface area contributed by atoms with Crippen LogP contribution in [0.4, 0.5) is 21.5 Å². The number of fused-ring (bicyclic) bond motifs is 1. The summed E-state index contributed by atoms with van der Waals surface area (Å²) in [5, 5.41) is 10.7. The molecule has 1 aliphatic rings. The van der Waals surface area contributed by atoms with Crippen molar-refractivity contribution in [1.82, 2.24) is 0 Å². The van der Waals surface area contributed by atoms with E-state index in [0.29, 0.717) is 11.4 Å². The molecule has 158 valence electrons. The van der Waals surface area contributed by atoms with Crippen molar-refractivity contribution in [3.05, 3.63) is 54.3 Å². The van der Waals surface area contributed by atoms with E-state index in [1.807, 2.05) is 13.8 Å². The van der Waals surface area contributed by atoms with Gasteiger partial charge in [-0.25, -0.2) is 9.38 Å². The Morgan fingerprint density at radius 3 is 2.63 bits per heavy atom. The molecule has 3 rings (SSSR count). The van der Waals surface area contributed by atoms with Gasteiger partial charge in [-0.15, -0.1) is 0 Å². The minimum atomic E-state index is -0.512. The molecular formula is C20H22FN5O2S2. The summed E-state index contributed by atoms with van der Waals surface area (Å²) in [4.78, 5) is 29.7. The van der Waals surface area contributed by atoms with E-state index in [-0.39, 0.29) is 39.3 Å². The second kappa shape index (κ2) is 11.4. The largest absolute Gasteiger partial charge is 0.378 e. The van der Waals surface area contributed by atoms with Gasteiger partial charge in [-0.2, -0.15) is 0 Å². The van der Waals surface area contributed by atoms with E-state index in [1.54, 1.807) is 36.4 Å². The normalized spacial score (nSPS) is 13.0. The predicted octanol–water partition coefficient (Wildman–Crippen LogP) is 4.18. The quantitative estimate of drug-likeness (QED) is 0.483. The molecule has 0 radical (unpaired) electrons. The molecule has 1 heterocycles. The fraction of sp³-hybridized carbons (Fsp3) is 0.200. The number of carbonyl (C=O) groups excluding carboxylic acids is 2. The van der Waals surface area contributed by atoms with Crippen LogP contribution in [0, 0.1) is 11.2 Å². The molecule has 0 saturated heterocycles. The number of nitrogens with two attached hydrogens (primary N) is 1. The van der Waals surface area contributed by atoms with E-state index in [9.17, 15) is 14.0 Å². The van der Waals surface area contributed by atoms with Crippen LogP contribution in [0.3, 0.4) is 0 Å². The first-order chi connectivity index (χ1) is 14.4. The molecule has 0 aliphatic carbocycles. The number of anilines is 2. The van der Waals surface area contributed by atoms with Gasteiger partial charge in [0.2, 0.25) is 11.8 Å². The maximum Gasteiger partial charge on any atom is 0.244 e. The van der Waals surface area contributed by atoms with Gasteiger partial charge in [0.1, 0.15) is 22.4 Å². The van der Waals surface area contributed by atoms with E-state index >= 15 is 0 Å². The Kier molecular flexibility index (Phi) is 8.88. The van der Waals surface area contributed by atoms with Crippen molar-refractivity contribution in [3.8, 4) is 0 Å². The standard InChI is InChI=1S/C18H16FN5O2S2.C2H6/c19-11-5-1-2-6-12(11)23-17(20)28-18(21)27-10-16(26)24-9-15(25)22-13-7-3-4-8-14(13)24;1-2/h1-8,21H,9-10H2,(H2,20,23)(H,22,25);1-2H3. The molecule has 0 bridgehead atoms. The molecule has 2 aromatic carbocycles. The average molecular weight is 448 g/mol. The third-order valence-corrected chi connectivity index (χ3v) is 5.42. The zero-order chi connectivity index (χ0) is 22.1. The number of carbonyl (C=O) groups is 2. The Morgan fingerprint density at radius 2 is 1.90 bits per heavy atom. The third kappa shape index (κ3) is 6.33. The van der Waals surface area contributed by atoms with E-state index < -0.39 is 5.82 Å². The van der Waals surface area contributed by atoms with Crippen LogP contribution in [0.25, 0.3) is 0 Å². The van der Waals surface area contributed by atoms with Crippen LogP contribution in [0.15, 0.2) is 53.5 Å². The second-order valence-electron chi connectivity index (χ2n) is 5.62. The molecule has 0 saturated carbocycles. The minimum absolute atomic E-state index is 0.00209. The van der Waals surface area contributed by atoms with Crippen molar-refractivity contribution in [2.75, 3.05) is 22.5 Å². The first-order valence-electron chi connectivity index (χ1n) is 9.11. The number of thioether (sulfide) groups is 2. The molecule has 0 aromatic heterocycles. The number of para-hydroxylation sites is 3. The van der Waals surface area contributed by atoms with E-state index in [0.717, 1.165) is 23.5 Å². The Morgan fingerprint density at radius 1 is 1.23 bits per heavy atom. The number of aliphatic imine (C=N–C) groups is 1. The maximum absolute atomic E-state index is 13.6. The lowest BCUT2D eigenvalue weighted by Gasteiger charge is -2.29. The zero-order valence-corrected chi connectivity index (χ0v) is 18.1. The number of nitrogens with zero attached hydrogens (tertiary/aromatic N) is 2. The number of amides is 2. The van der Waals surface area contributed by atoms with E-state index in [4.69, 9.17) is 11.1 Å². The highest BCUT2D eigenvalue weighted by atomic mass is 32.2. The zero-order valence-electron chi connectivity index (χ0n) is 16.5. The Bertz CT molecular complexity index is 968. The third-order valence-electron chi connectivity index (χ3n) is 3.68. The SMILES string of the molecule is CC.N=C(SCC(=O)N1CC(=O)Nc2ccccc21)SC(N)=Nc1ccccc1F. The average Bonchev–Trinajstić information content (AvgIpc) is 2.74. The summed E-state index contributed by atoms with van der Waals surface area (Å²) in [5.41, 5.74) is 7.02. The number of hydrogen-bond donors (Lipinski definition) is 3. The van der Waals surface area contributed by atoms with Gasteiger partial charge in [0.25, 0.3) is 0 Å². The lowest BCUT2D eigenvalue weighted by atomic mass is 10.2. The number of amidine groups is 1. The number of nitrogens with one attached hydrogen (secondary N) is 2. The van der Waals surface area contributed by atoms with Gasteiger partial charge in [0.05, 0.1) is 17.1 Å². The second-order valence-corrected chi connectivity index (χ2v) is 7.90. The number of benzene rings is 2. The molecule has 0 atom stereocenters. The van der Waals surface area contributed by atoms with Crippen LogP contribution in [-0.2, 0) is 9.59 Å². The molecule has 30 heavy (non-hydrogen) atoms. The van der Waals surface area contributed by atoms with Crippen molar-refractivity contribution in [2.24, 2.45) is 10.7 Å². The van der Waals surface area contributed by atoms with Gasteiger partial charge in [-0.05, 0) is 36.0 Å². The van der Waals surface area contributed by atoms with Crippen LogP contribution in [0.1, 0.15) is 13.8 Å². The maximum atomic E-state index is 13.6. The van der Waals surface area contributed by atoms with Gasteiger partial charge in [0, 0.05) is 0 Å².